The summed E-state index contributed by atoms with van der Waals surface area (Å²) in [5, 5.41) is 6.14. The van der Waals surface area contributed by atoms with Crippen LogP contribution in [0.5, 0.6) is 0 Å². The lowest BCUT2D eigenvalue weighted by molar-refractivity contribution is -0.438. The summed E-state index contributed by atoms with van der Waals surface area (Å²) in [5.41, 5.74) is 10.2. The zero-order chi connectivity index (χ0) is 35.8. The number of aldehydes is 1. The first-order valence-electron chi connectivity index (χ1n) is 19.1. The largest absolute Gasteiger partial charge is 0.344 e. The molecule has 4 aromatic rings. The van der Waals surface area contributed by atoms with Gasteiger partial charge in [-0.3, -0.25) is 0 Å². The van der Waals surface area contributed by atoms with E-state index in [1.54, 1.807) is 0 Å². The number of hydrogen-bond acceptors (Lipinski definition) is 2. The van der Waals surface area contributed by atoms with Crippen molar-refractivity contribution in [2.24, 2.45) is 0 Å². The van der Waals surface area contributed by atoms with Gasteiger partial charge >= 0.3 is 0 Å². The predicted molar refractivity (Wildman–Crippen MR) is 218 cm³/mol. The molecule has 0 bridgehead atoms. The van der Waals surface area contributed by atoms with Crippen LogP contribution in [0, 0.1) is 0 Å². The van der Waals surface area contributed by atoms with Gasteiger partial charge in [0.15, 0.2) is 5.71 Å². The molecular formula is C47H52ClN2O+. The van der Waals surface area contributed by atoms with Crippen molar-refractivity contribution < 1.29 is 9.37 Å². The number of carbonyl (C=O) groups is 1. The molecule has 0 saturated heterocycles. The zero-order valence-corrected chi connectivity index (χ0v) is 31.8. The molecule has 0 fully saturated rings. The third kappa shape index (κ3) is 6.33. The summed E-state index contributed by atoms with van der Waals surface area (Å²) in [7, 11) is 0. The molecule has 0 atom stereocenters. The van der Waals surface area contributed by atoms with E-state index in [9.17, 15) is 4.79 Å². The third-order valence-corrected chi connectivity index (χ3v) is 12.0. The van der Waals surface area contributed by atoms with E-state index in [0.717, 1.165) is 69.4 Å². The molecule has 7 rings (SSSR count). The van der Waals surface area contributed by atoms with Gasteiger partial charge in [0.2, 0.25) is 5.69 Å². The Balaban J connectivity index is 1.22. The molecule has 3 aliphatic rings. The van der Waals surface area contributed by atoms with Crippen LogP contribution in [0.25, 0.3) is 21.5 Å². The highest BCUT2D eigenvalue weighted by molar-refractivity contribution is 6.33. The number of rotatable bonds is 12. The topological polar surface area (TPSA) is 23.3 Å². The first kappa shape index (κ1) is 35.2. The molecule has 4 aromatic carbocycles. The van der Waals surface area contributed by atoms with Crippen molar-refractivity contribution in [3.63, 3.8) is 0 Å². The monoisotopic (exact) mass is 695 g/mol. The van der Waals surface area contributed by atoms with Gasteiger partial charge in [-0.2, -0.15) is 4.58 Å². The van der Waals surface area contributed by atoms with Gasteiger partial charge in [0.25, 0.3) is 0 Å². The van der Waals surface area contributed by atoms with Gasteiger partial charge in [0, 0.05) is 58.9 Å². The lowest BCUT2D eigenvalue weighted by Gasteiger charge is -2.27. The highest BCUT2D eigenvalue weighted by Gasteiger charge is 2.45. The molecule has 0 spiro atoms. The minimum atomic E-state index is -0.167. The van der Waals surface area contributed by atoms with Crippen LogP contribution in [0.15, 0.2) is 119 Å². The Kier molecular flexibility index (Phi) is 9.96. The predicted octanol–water partition coefficient (Wildman–Crippen LogP) is 12.4. The van der Waals surface area contributed by atoms with Crippen molar-refractivity contribution in [2.45, 2.75) is 96.8 Å². The Morgan fingerprint density at radius 2 is 1.47 bits per heavy atom. The molecule has 0 aromatic heterocycles. The van der Waals surface area contributed by atoms with Gasteiger partial charge in [-0.1, -0.05) is 106 Å². The fourth-order valence-electron chi connectivity index (χ4n) is 8.91. The molecule has 4 heteroatoms. The van der Waals surface area contributed by atoms with Crippen LogP contribution in [0.3, 0.4) is 0 Å². The molecule has 2 heterocycles. The Labute approximate surface area is 309 Å². The number of allylic oxidation sites excluding steroid dienone is 8. The van der Waals surface area contributed by atoms with E-state index in [0.29, 0.717) is 6.42 Å². The summed E-state index contributed by atoms with van der Waals surface area (Å²) in [6, 6.07) is 26.7. The molecular weight excluding hydrogens is 644 g/mol. The van der Waals surface area contributed by atoms with Crippen LogP contribution in [0.1, 0.15) is 97.1 Å². The quantitative estimate of drug-likeness (QED) is 0.0836. The summed E-state index contributed by atoms with van der Waals surface area (Å²) < 4.78 is 2.53. The third-order valence-electron chi connectivity index (χ3n) is 11.6. The maximum atomic E-state index is 10.9. The van der Waals surface area contributed by atoms with Gasteiger partial charge in [-0.05, 0) is 102 Å². The molecule has 0 radical (unpaired) electrons. The highest BCUT2D eigenvalue weighted by atomic mass is 35.5. The molecule has 0 unspecified atom stereocenters. The molecule has 1 aliphatic carbocycles. The second-order valence-corrected chi connectivity index (χ2v) is 16.0. The minimum Gasteiger partial charge on any atom is -0.344 e. The number of benzene rings is 4. The van der Waals surface area contributed by atoms with Gasteiger partial charge in [0.05, 0.1) is 5.41 Å². The van der Waals surface area contributed by atoms with Crippen molar-refractivity contribution in [1.29, 1.82) is 0 Å². The van der Waals surface area contributed by atoms with Gasteiger partial charge < -0.3 is 9.69 Å². The van der Waals surface area contributed by atoms with Crippen LogP contribution >= 0.6 is 11.6 Å². The smallest absolute Gasteiger partial charge is 0.210 e. The summed E-state index contributed by atoms with van der Waals surface area (Å²) in [6.07, 6.45) is 18.2. The Bertz CT molecular complexity index is 2160. The number of hydrogen-bond donors (Lipinski definition) is 0. The Morgan fingerprint density at radius 1 is 0.765 bits per heavy atom. The van der Waals surface area contributed by atoms with Crippen LogP contribution < -0.4 is 4.90 Å². The van der Waals surface area contributed by atoms with E-state index in [-0.39, 0.29) is 10.8 Å². The molecule has 262 valence electrons. The minimum absolute atomic E-state index is 0.126. The van der Waals surface area contributed by atoms with Crippen LogP contribution in [0.2, 0.25) is 0 Å². The van der Waals surface area contributed by atoms with E-state index in [2.05, 4.69) is 141 Å². The van der Waals surface area contributed by atoms with E-state index >= 15 is 0 Å². The average molecular weight is 696 g/mol. The SMILES string of the molecule is CCCCN1/C(=C\C=C2/CCC(/C=C/C3=[N+](CCCCCC=O)c4ccc5ccccc5c4C3(C)C)=C2Cl)C(C)(C)c2c1ccc1ccccc21. The average Bonchev–Trinajstić information content (AvgIpc) is 3.67. The summed E-state index contributed by atoms with van der Waals surface area (Å²) in [6.45, 7) is 13.7. The van der Waals surface area contributed by atoms with Crippen molar-refractivity contribution in [2.75, 3.05) is 18.0 Å². The Hall–Kier alpha value is -4.21. The molecule has 3 nitrogen and oxygen atoms in total. The maximum Gasteiger partial charge on any atom is 0.210 e. The van der Waals surface area contributed by atoms with Gasteiger partial charge in [-0.15, -0.1) is 0 Å². The number of halogens is 1. The van der Waals surface area contributed by atoms with Crippen molar-refractivity contribution in [1.82, 2.24) is 0 Å². The van der Waals surface area contributed by atoms with Crippen LogP contribution in [0.4, 0.5) is 11.4 Å². The lowest BCUT2D eigenvalue weighted by Crippen LogP contribution is -2.28. The number of unbranched alkanes of at least 4 members (excludes halogenated alkanes) is 4. The number of anilines is 1. The lowest BCUT2D eigenvalue weighted by atomic mass is 9.79. The normalized spacial score (nSPS) is 19.5. The Morgan fingerprint density at radius 3 is 2.20 bits per heavy atom. The molecule has 0 N–H and O–H groups in total. The molecule has 51 heavy (non-hydrogen) atoms. The van der Waals surface area contributed by atoms with Crippen LogP contribution in [-0.4, -0.2) is 29.7 Å². The first-order chi connectivity index (χ1) is 24.7. The molecule has 0 amide bonds. The number of carbonyl (C=O) groups excluding carboxylic acids is 1. The second-order valence-electron chi connectivity index (χ2n) is 15.6. The fraction of sp³-hybridized carbons (Fsp3) is 0.362. The van der Waals surface area contributed by atoms with E-state index in [1.165, 1.54) is 66.6 Å². The standard InChI is InChI=1S/C47H52ClN2O/c1-6-7-30-49-39-26-22-33-16-10-12-18-37(33)43(39)46(2,3)41(49)28-24-35-20-21-36(45(35)48)25-29-42-47(4,5)44-38-19-13-11-17-34(38)23-27-40(44)50(42)31-14-8-9-15-32-51/h10-13,16-19,22-29,32H,6-9,14-15,20-21,30-31H2,1-5H3/q+1. The van der Waals surface area contributed by atoms with Gasteiger partial charge in [0.1, 0.15) is 12.8 Å². The van der Waals surface area contributed by atoms with Crippen molar-refractivity contribution in [3.05, 3.63) is 130 Å². The number of fused-ring (bicyclic) bond motifs is 6. The fourth-order valence-corrected chi connectivity index (χ4v) is 9.23. The molecule has 0 saturated carbocycles. The second kappa shape index (κ2) is 14.4. The van der Waals surface area contributed by atoms with E-state index in [4.69, 9.17) is 11.6 Å². The molecule has 2 aliphatic heterocycles. The van der Waals surface area contributed by atoms with E-state index in [1.807, 2.05) is 0 Å². The zero-order valence-electron chi connectivity index (χ0n) is 31.1. The van der Waals surface area contributed by atoms with E-state index < -0.39 is 0 Å². The summed E-state index contributed by atoms with van der Waals surface area (Å²) in [5.74, 6) is 0. The summed E-state index contributed by atoms with van der Waals surface area (Å²) in [4.78, 5) is 13.5. The highest BCUT2D eigenvalue weighted by Crippen LogP contribution is 2.51. The first-order valence-corrected chi connectivity index (χ1v) is 19.4. The van der Waals surface area contributed by atoms with Crippen molar-refractivity contribution >= 4 is 56.5 Å². The summed E-state index contributed by atoms with van der Waals surface area (Å²) >= 11 is 7.25. The number of nitrogens with zero attached hydrogens (tertiary/aromatic N) is 2. The van der Waals surface area contributed by atoms with Gasteiger partial charge in [-0.25, -0.2) is 0 Å². The van der Waals surface area contributed by atoms with Crippen LogP contribution in [-0.2, 0) is 15.6 Å². The maximum absolute atomic E-state index is 10.9. The van der Waals surface area contributed by atoms with Crippen molar-refractivity contribution in [3.8, 4) is 0 Å².